The Labute approximate surface area is 104 Å². The van der Waals surface area contributed by atoms with E-state index in [1.807, 2.05) is 32.0 Å². The van der Waals surface area contributed by atoms with Crippen molar-refractivity contribution in [1.82, 2.24) is 9.97 Å². The minimum atomic E-state index is 0.577. The van der Waals surface area contributed by atoms with Gasteiger partial charge in [0.05, 0.1) is 16.6 Å². The summed E-state index contributed by atoms with van der Waals surface area (Å²) in [5.74, 6) is 2.41. The molecule has 1 N–H and O–H groups in total. The number of H-pyrrole nitrogens is 1. The van der Waals surface area contributed by atoms with Crippen LogP contribution >= 0.6 is 0 Å². The first kappa shape index (κ1) is 10.6. The maximum absolute atomic E-state index is 9.05. The third-order valence-electron chi connectivity index (χ3n) is 2.93. The van der Waals surface area contributed by atoms with Crippen molar-refractivity contribution in [3.63, 3.8) is 0 Å². The number of nitriles is 1. The predicted octanol–water partition coefficient (Wildman–Crippen LogP) is 3.31. The minimum Gasteiger partial charge on any atom is -0.466 e. The summed E-state index contributed by atoms with van der Waals surface area (Å²) in [4.78, 5) is 7.71. The maximum Gasteiger partial charge on any atom is 0.142 e. The molecular weight excluding hydrogens is 226 g/mol. The van der Waals surface area contributed by atoms with Gasteiger partial charge >= 0.3 is 0 Å². The number of hydrogen-bond acceptors (Lipinski definition) is 3. The molecule has 1 aromatic carbocycles. The first-order valence-electron chi connectivity index (χ1n) is 5.65. The fourth-order valence-corrected chi connectivity index (χ4v) is 2.12. The molecule has 18 heavy (non-hydrogen) atoms. The fraction of sp³-hybridized carbons (Fsp3) is 0.143. The van der Waals surface area contributed by atoms with Gasteiger partial charge in [-0.2, -0.15) is 5.26 Å². The van der Waals surface area contributed by atoms with Gasteiger partial charge < -0.3 is 9.40 Å². The summed E-state index contributed by atoms with van der Waals surface area (Å²) in [5, 5.41) is 9.05. The molecule has 0 saturated heterocycles. The van der Waals surface area contributed by atoms with Crippen molar-refractivity contribution < 1.29 is 4.42 Å². The molecule has 0 aliphatic heterocycles. The first-order chi connectivity index (χ1) is 8.69. The lowest BCUT2D eigenvalue weighted by atomic mass is 10.2. The lowest BCUT2D eigenvalue weighted by Gasteiger charge is -1.90. The second-order valence-corrected chi connectivity index (χ2v) is 4.23. The third-order valence-corrected chi connectivity index (χ3v) is 2.93. The monoisotopic (exact) mass is 237 g/mol. The van der Waals surface area contributed by atoms with Crippen molar-refractivity contribution in [3.05, 3.63) is 41.3 Å². The molecule has 88 valence electrons. The van der Waals surface area contributed by atoms with Crippen molar-refractivity contribution in [2.75, 3.05) is 0 Å². The van der Waals surface area contributed by atoms with Crippen LogP contribution in [0.2, 0.25) is 0 Å². The third kappa shape index (κ3) is 1.49. The van der Waals surface area contributed by atoms with Crippen LogP contribution in [0.3, 0.4) is 0 Å². The molecule has 0 radical (unpaired) electrons. The molecule has 0 amide bonds. The number of aromatic nitrogens is 2. The zero-order valence-corrected chi connectivity index (χ0v) is 10.1. The van der Waals surface area contributed by atoms with Gasteiger partial charge in [0.15, 0.2) is 0 Å². The van der Waals surface area contributed by atoms with Crippen molar-refractivity contribution >= 4 is 11.0 Å². The normalized spacial score (nSPS) is 10.7. The molecule has 4 nitrogen and oxygen atoms in total. The zero-order valence-electron chi connectivity index (χ0n) is 10.1. The second kappa shape index (κ2) is 3.74. The molecular formula is C14H11N3O. The molecule has 0 spiro atoms. The van der Waals surface area contributed by atoms with Crippen LogP contribution in [0.4, 0.5) is 0 Å². The van der Waals surface area contributed by atoms with E-state index in [0.717, 1.165) is 28.4 Å². The second-order valence-electron chi connectivity index (χ2n) is 4.23. The molecule has 0 bridgehead atoms. The predicted molar refractivity (Wildman–Crippen MR) is 68.0 cm³/mol. The highest BCUT2D eigenvalue weighted by Gasteiger charge is 2.13. The van der Waals surface area contributed by atoms with Crippen LogP contribution < -0.4 is 0 Å². The fourth-order valence-electron chi connectivity index (χ4n) is 2.12. The Balaban J connectivity index is 2.26. The van der Waals surface area contributed by atoms with Gasteiger partial charge in [0.25, 0.3) is 0 Å². The Morgan fingerprint density at radius 1 is 1.33 bits per heavy atom. The highest BCUT2D eigenvalue weighted by Crippen LogP contribution is 2.27. The lowest BCUT2D eigenvalue weighted by molar-refractivity contribution is 0.505. The van der Waals surface area contributed by atoms with Crippen LogP contribution in [0, 0.1) is 25.2 Å². The van der Waals surface area contributed by atoms with E-state index in [2.05, 4.69) is 16.0 Å². The van der Waals surface area contributed by atoms with Gasteiger partial charge in [0.2, 0.25) is 0 Å². The number of furan rings is 1. The summed E-state index contributed by atoms with van der Waals surface area (Å²) < 4.78 is 5.50. The molecule has 3 rings (SSSR count). The zero-order chi connectivity index (χ0) is 12.7. The van der Waals surface area contributed by atoms with Crippen LogP contribution in [-0.4, -0.2) is 9.97 Å². The van der Waals surface area contributed by atoms with Gasteiger partial charge in [-0.3, -0.25) is 0 Å². The Kier molecular flexibility index (Phi) is 2.20. The van der Waals surface area contributed by atoms with E-state index >= 15 is 0 Å². The summed E-state index contributed by atoms with van der Waals surface area (Å²) in [7, 11) is 0. The van der Waals surface area contributed by atoms with Crippen molar-refractivity contribution in [2.24, 2.45) is 0 Å². The highest BCUT2D eigenvalue weighted by atomic mass is 16.3. The average molecular weight is 237 g/mol. The number of rotatable bonds is 1. The molecule has 2 heterocycles. The molecule has 0 saturated carbocycles. The van der Waals surface area contributed by atoms with Crippen LogP contribution in [-0.2, 0) is 0 Å². The summed E-state index contributed by atoms with van der Waals surface area (Å²) in [6.07, 6.45) is 0. The molecule has 0 fully saturated rings. The van der Waals surface area contributed by atoms with Crippen molar-refractivity contribution in [3.8, 4) is 17.5 Å². The molecule has 0 atom stereocenters. The van der Waals surface area contributed by atoms with Crippen LogP contribution in [0.1, 0.15) is 17.1 Å². The number of fused-ring (bicyclic) bond motifs is 1. The van der Waals surface area contributed by atoms with E-state index in [0.29, 0.717) is 11.1 Å². The molecule has 0 aliphatic carbocycles. The van der Waals surface area contributed by atoms with Gasteiger partial charge in [-0.1, -0.05) is 6.07 Å². The number of para-hydroxylation sites is 1. The van der Waals surface area contributed by atoms with E-state index in [-0.39, 0.29) is 0 Å². The number of benzene rings is 1. The summed E-state index contributed by atoms with van der Waals surface area (Å²) in [6, 6.07) is 9.61. The topological polar surface area (TPSA) is 65.6 Å². The number of imidazole rings is 1. The van der Waals surface area contributed by atoms with Crippen LogP contribution in [0.15, 0.2) is 28.7 Å². The maximum atomic E-state index is 9.05. The van der Waals surface area contributed by atoms with Gasteiger partial charge in [-0.25, -0.2) is 4.98 Å². The SMILES string of the molecule is Cc1cc(-c2nc3c(C#N)cccc3[nH]2)c(C)o1. The smallest absolute Gasteiger partial charge is 0.142 e. The van der Waals surface area contributed by atoms with Crippen molar-refractivity contribution in [2.45, 2.75) is 13.8 Å². The summed E-state index contributed by atoms with van der Waals surface area (Å²) in [5.41, 5.74) is 3.08. The number of nitrogens with one attached hydrogen (secondary N) is 1. The molecule has 2 aromatic heterocycles. The average Bonchev–Trinajstić information content (AvgIpc) is 2.91. The highest BCUT2D eigenvalue weighted by molar-refractivity contribution is 5.84. The summed E-state index contributed by atoms with van der Waals surface area (Å²) in [6.45, 7) is 3.81. The molecule has 3 aromatic rings. The van der Waals surface area contributed by atoms with Crippen LogP contribution in [0.25, 0.3) is 22.4 Å². The summed E-state index contributed by atoms with van der Waals surface area (Å²) >= 11 is 0. The van der Waals surface area contributed by atoms with E-state index in [4.69, 9.17) is 9.68 Å². The Bertz CT molecular complexity index is 774. The van der Waals surface area contributed by atoms with E-state index in [9.17, 15) is 0 Å². The van der Waals surface area contributed by atoms with Crippen molar-refractivity contribution in [1.29, 1.82) is 5.26 Å². The molecule has 4 heteroatoms. The van der Waals surface area contributed by atoms with Crippen LogP contribution in [0.5, 0.6) is 0 Å². The first-order valence-corrected chi connectivity index (χ1v) is 5.65. The van der Waals surface area contributed by atoms with E-state index in [1.54, 1.807) is 6.07 Å². The number of aryl methyl sites for hydroxylation is 2. The lowest BCUT2D eigenvalue weighted by Crippen LogP contribution is -1.79. The molecule has 0 unspecified atom stereocenters. The van der Waals surface area contributed by atoms with Gasteiger partial charge in [0.1, 0.15) is 28.9 Å². The van der Waals surface area contributed by atoms with Gasteiger partial charge in [-0.15, -0.1) is 0 Å². The Hall–Kier alpha value is -2.54. The van der Waals surface area contributed by atoms with Gasteiger partial charge in [0, 0.05) is 0 Å². The van der Waals surface area contributed by atoms with E-state index in [1.165, 1.54) is 0 Å². The molecule has 0 aliphatic rings. The Morgan fingerprint density at radius 3 is 2.83 bits per heavy atom. The number of hydrogen-bond donors (Lipinski definition) is 1. The largest absolute Gasteiger partial charge is 0.466 e. The minimum absolute atomic E-state index is 0.577. The Morgan fingerprint density at radius 2 is 2.17 bits per heavy atom. The number of aromatic amines is 1. The quantitative estimate of drug-likeness (QED) is 0.706. The number of nitrogens with zero attached hydrogens (tertiary/aromatic N) is 2. The van der Waals surface area contributed by atoms with Gasteiger partial charge in [-0.05, 0) is 32.0 Å². The standard InChI is InChI=1S/C14H11N3O/c1-8-6-11(9(2)18-8)14-16-12-5-3-4-10(7-15)13(12)17-14/h3-6H,1-2H3,(H,16,17). The van der Waals surface area contributed by atoms with E-state index < -0.39 is 0 Å².